The molecule has 0 heterocycles. The number of benzene rings is 2. The van der Waals surface area contributed by atoms with Crippen LogP contribution >= 0.6 is 0 Å². The number of rotatable bonds is 12. The number of carbonyl (C=O) groups excluding carboxylic acids is 1. The van der Waals surface area contributed by atoms with E-state index < -0.39 is 8.32 Å². The predicted octanol–water partition coefficient (Wildman–Crippen LogP) is 6.68. The van der Waals surface area contributed by atoms with E-state index in [1.165, 1.54) is 15.9 Å². The number of hydrogen-bond acceptors (Lipinski definition) is 2. The molecule has 3 heteroatoms. The van der Waals surface area contributed by atoms with Crippen molar-refractivity contribution in [2.45, 2.75) is 78.7 Å². The minimum Gasteiger partial charge on any atom is -0.407 e. The molecule has 1 unspecified atom stereocenters. The van der Waals surface area contributed by atoms with Crippen molar-refractivity contribution in [1.29, 1.82) is 0 Å². The summed E-state index contributed by atoms with van der Waals surface area (Å²) in [4.78, 5) is 11.1. The quantitative estimate of drug-likeness (QED) is 0.266. The number of hydrogen-bond donors (Lipinski definition) is 0. The second-order valence-corrected chi connectivity index (χ2v) is 14.6. The van der Waals surface area contributed by atoms with Crippen LogP contribution in [0.25, 0.3) is 0 Å². The van der Waals surface area contributed by atoms with Gasteiger partial charge < -0.3 is 9.22 Å². The van der Waals surface area contributed by atoms with Crippen molar-refractivity contribution in [3.63, 3.8) is 0 Å². The van der Waals surface area contributed by atoms with Crippen molar-refractivity contribution in [2.75, 3.05) is 6.61 Å². The Morgan fingerprint density at radius 3 is 1.94 bits per heavy atom. The van der Waals surface area contributed by atoms with Gasteiger partial charge in [-0.2, -0.15) is 0 Å². The normalized spacial score (nSPS) is 13.8. The van der Waals surface area contributed by atoms with Gasteiger partial charge in [0.05, 0.1) is 0 Å². The molecule has 2 aromatic rings. The molecular weight excluding hydrogens is 408 g/mol. The summed E-state index contributed by atoms with van der Waals surface area (Å²) >= 11 is 0. The first-order valence-corrected chi connectivity index (χ1v) is 14.0. The van der Waals surface area contributed by atoms with E-state index in [1.807, 2.05) is 0 Å². The van der Waals surface area contributed by atoms with Crippen LogP contribution in [0, 0.1) is 5.92 Å². The van der Waals surface area contributed by atoms with Gasteiger partial charge in [0.15, 0.2) is 0 Å². The summed E-state index contributed by atoms with van der Waals surface area (Å²) in [6.07, 6.45) is 7.16. The second kappa shape index (κ2) is 12.3. The van der Waals surface area contributed by atoms with E-state index in [0.29, 0.717) is 12.3 Å². The van der Waals surface area contributed by atoms with Gasteiger partial charge in [-0.3, -0.25) is 0 Å². The number of ketones is 1. The summed E-state index contributed by atoms with van der Waals surface area (Å²) in [6, 6.07) is 21.7. The molecule has 32 heavy (non-hydrogen) atoms. The highest BCUT2D eigenvalue weighted by molar-refractivity contribution is 6.99. The molecule has 0 fully saturated rings. The number of Topliss-reactive ketones (excluding diaryl/α,β-unsaturated/α-hetero) is 1. The Kier molecular flexibility index (Phi) is 10.1. The van der Waals surface area contributed by atoms with E-state index in [-0.39, 0.29) is 10.8 Å². The largest absolute Gasteiger partial charge is 0.407 e. The fraction of sp³-hybridized carbons (Fsp3) is 0.483. The lowest BCUT2D eigenvalue weighted by Gasteiger charge is -2.43. The summed E-state index contributed by atoms with van der Waals surface area (Å²) in [7, 11) is -2.44. The first kappa shape index (κ1) is 26.3. The zero-order chi connectivity index (χ0) is 23.6. The van der Waals surface area contributed by atoms with Crippen LogP contribution in [0.3, 0.4) is 0 Å². The Bertz CT molecular complexity index is 810. The fourth-order valence-electron chi connectivity index (χ4n) is 4.47. The van der Waals surface area contributed by atoms with E-state index in [2.05, 4.69) is 101 Å². The molecule has 1 atom stereocenters. The van der Waals surface area contributed by atoms with E-state index >= 15 is 0 Å². The first-order valence-electron chi connectivity index (χ1n) is 12.1. The molecule has 0 saturated heterocycles. The lowest BCUT2D eigenvalue weighted by molar-refractivity contribution is -0.116. The van der Waals surface area contributed by atoms with Crippen molar-refractivity contribution in [1.82, 2.24) is 0 Å². The molecule has 2 aromatic carbocycles. The molecule has 0 N–H and O–H groups in total. The third-order valence-corrected chi connectivity index (χ3v) is 11.3. The van der Waals surface area contributed by atoms with Crippen molar-refractivity contribution >= 4 is 24.5 Å². The monoisotopic (exact) mass is 450 g/mol. The topological polar surface area (TPSA) is 26.3 Å². The molecule has 0 saturated carbocycles. The van der Waals surface area contributed by atoms with Gasteiger partial charge in [-0.25, -0.2) is 0 Å². The maximum absolute atomic E-state index is 11.1. The summed E-state index contributed by atoms with van der Waals surface area (Å²) in [5.74, 6) is 0.768. The summed E-state index contributed by atoms with van der Waals surface area (Å²) in [6.45, 7) is 13.9. The van der Waals surface area contributed by atoms with Gasteiger partial charge >= 0.3 is 0 Å². The average molecular weight is 451 g/mol. The van der Waals surface area contributed by atoms with Crippen LogP contribution in [0.1, 0.15) is 73.6 Å². The van der Waals surface area contributed by atoms with Crippen molar-refractivity contribution in [3.8, 4) is 0 Å². The smallest absolute Gasteiger partial charge is 0.261 e. The zero-order valence-electron chi connectivity index (χ0n) is 21.0. The standard InChI is InChI=1S/C29H42O2Si/c1-24(16-14-18-26(3)30)15-13-17-25(2)23-31-32(29(4,5)6,27-19-9-7-10-20-27)28-21-11-8-12-22-28/h7-12,16,19-22,25H,13-15,17-18,23H2,1-6H3/b24-16-. The summed E-state index contributed by atoms with van der Waals surface area (Å²) < 4.78 is 7.06. The Hall–Kier alpha value is -1.97. The van der Waals surface area contributed by atoms with Crippen LogP contribution in [-0.4, -0.2) is 20.7 Å². The highest BCUT2D eigenvalue weighted by Gasteiger charge is 2.50. The Balaban J connectivity index is 2.10. The third kappa shape index (κ3) is 7.28. The van der Waals surface area contributed by atoms with Crippen LogP contribution in [0.2, 0.25) is 5.04 Å². The van der Waals surface area contributed by atoms with Gasteiger partial charge in [-0.1, -0.05) is 100 Å². The van der Waals surface area contributed by atoms with Crippen LogP contribution in [0.5, 0.6) is 0 Å². The third-order valence-electron chi connectivity index (χ3n) is 6.26. The minimum atomic E-state index is -2.44. The SMILES string of the molecule is CC(=O)CC/C=C(/C)CCCC(C)CO[Si](c1ccccc1)(c1ccccc1)C(C)(C)C. The molecule has 174 valence electrons. The summed E-state index contributed by atoms with van der Waals surface area (Å²) in [5, 5.41) is 2.70. The Labute approximate surface area is 197 Å². The van der Waals surface area contributed by atoms with Gasteiger partial charge in [-0.15, -0.1) is 0 Å². The highest BCUT2D eigenvalue weighted by atomic mass is 28.4. The van der Waals surface area contributed by atoms with Gasteiger partial charge in [0.2, 0.25) is 0 Å². The van der Waals surface area contributed by atoms with Crippen LogP contribution in [0.4, 0.5) is 0 Å². The van der Waals surface area contributed by atoms with Crippen molar-refractivity contribution in [3.05, 3.63) is 72.3 Å². The molecule has 0 bridgehead atoms. The minimum absolute atomic E-state index is 0.0193. The first-order chi connectivity index (χ1) is 15.2. The molecule has 0 aliphatic carbocycles. The molecule has 0 aliphatic rings. The van der Waals surface area contributed by atoms with Crippen molar-refractivity contribution < 1.29 is 9.22 Å². The fourth-order valence-corrected chi connectivity index (χ4v) is 9.16. The molecule has 2 nitrogen and oxygen atoms in total. The predicted molar refractivity (Wildman–Crippen MR) is 140 cm³/mol. The molecule has 0 amide bonds. The lowest BCUT2D eigenvalue weighted by atomic mass is 10.0. The van der Waals surface area contributed by atoms with Crippen LogP contribution < -0.4 is 10.4 Å². The van der Waals surface area contributed by atoms with Gasteiger partial charge in [-0.05, 0) is 60.9 Å². The number of allylic oxidation sites excluding steroid dienone is 2. The Morgan fingerprint density at radius 1 is 0.938 bits per heavy atom. The molecule has 0 aromatic heterocycles. The molecule has 2 rings (SSSR count). The van der Waals surface area contributed by atoms with Gasteiger partial charge in [0.25, 0.3) is 8.32 Å². The maximum atomic E-state index is 11.1. The molecule has 0 spiro atoms. The maximum Gasteiger partial charge on any atom is 0.261 e. The van der Waals surface area contributed by atoms with Gasteiger partial charge in [0.1, 0.15) is 5.78 Å². The second-order valence-electron chi connectivity index (χ2n) is 10.3. The molecular formula is C29H42O2Si. The highest BCUT2D eigenvalue weighted by Crippen LogP contribution is 2.37. The lowest BCUT2D eigenvalue weighted by Crippen LogP contribution is -2.66. The molecule has 0 radical (unpaired) electrons. The number of carbonyl (C=O) groups is 1. The zero-order valence-corrected chi connectivity index (χ0v) is 22.0. The summed E-state index contributed by atoms with van der Waals surface area (Å²) in [5.41, 5.74) is 1.39. The van der Waals surface area contributed by atoms with Crippen LogP contribution in [-0.2, 0) is 9.22 Å². The van der Waals surface area contributed by atoms with E-state index in [4.69, 9.17) is 4.43 Å². The van der Waals surface area contributed by atoms with Crippen LogP contribution in [0.15, 0.2) is 72.3 Å². The molecule has 0 aliphatic heterocycles. The average Bonchev–Trinajstić information content (AvgIpc) is 2.74. The van der Waals surface area contributed by atoms with E-state index in [1.54, 1.807) is 6.92 Å². The van der Waals surface area contributed by atoms with E-state index in [9.17, 15) is 4.79 Å². The van der Waals surface area contributed by atoms with Gasteiger partial charge in [0, 0.05) is 13.0 Å². The van der Waals surface area contributed by atoms with E-state index in [0.717, 1.165) is 32.3 Å². The van der Waals surface area contributed by atoms with Crippen molar-refractivity contribution in [2.24, 2.45) is 5.92 Å². The Morgan fingerprint density at radius 2 is 1.47 bits per heavy atom.